The van der Waals surface area contributed by atoms with E-state index in [4.69, 9.17) is 23.2 Å². The van der Waals surface area contributed by atoms with Gasteiger partial charge in [0.25, 0.3) is 10.0 Å². The normalized spacial score (nSPS) is 12.2. The van der Waals surface area contributed by atoms with Gasteiger partial charge in [0, 0.05) is 19.5 Å². The molecule has 1 N–H and O–H groups in total. The van der Waals surface area contributed by atoms with Crippen LogP contribution in [0.4, 0.5) is 5.69 Å². The summed E-state index contributed by atoms with van der Waals surface area (Å²) in [6, 6.07) is 27.2. The molecule has 7 nitrogen and oxygen atoms in total. The molecule has 4 aromatic carbocycles. The van der Waals surface area contributed by atoms with Crippen molar-refractivity contribution in [2.75, 3.05) is 17.4 Å². The lowest BCUT2D eigenvalue weighted by Gasteiger charge is -2.34. The number of carbonyl (C=O) groups is 2. The molecule has 2 amide bonds. The van der Waals surface area contributed by atoms with Crippen LogP contribution < -0.4 is 9.62 Å². The van der Waals surface area contributed by atoms with Crippen LogP contribution in [-0.2, 0) is 32.6 Å². The van der Waals surface area contributed by atoms with Gasteiger partial charge in [-0.15, -0.1) is 0 Å². The van der Waals surface area contributed by atoms with Gasteiger partial charge in [0.1, 0.15) is 12.6 Å². The van der Waals surface area contributed by atoms with E-state index in [0.717, 1.165) is 21.0 Å². The van der Waals surface area contributed by atoms with E-state index in [2.05, 4.69) is 19.2 Å². The topological polar surface area (TPSA) is 86.8 Å². The number of anilines is 1. The predicted octanol–water partition coefficient (Wildman–Crippen LogP) is 8.03. The monoisotopic (exact) mass is 707 g/mol. The number of rotatable bonds is 14. The van der Waals surface area contributed by atoms with E-state index in [9.17, 15) is 18.0 Å². The van der Waals surface area contributed by atoms with Crippen molar-refractivity contribution in [2.24, 2.45) is 5.92 Å². The molecule has 1 atom stereocenters. The van der Waals surface area contributed by atoms with E-state index in [-0.39, 0.29) is 35.6 Å². The van der Waals surface area contributed by atoms with Gasteiger partial charge in [0.15, 0.2) is 0 Å². The van der Waals surface area contributed by atoms with E-state index in [0.29, 0.717) is 27.8 Å². The number of hydrogen-bond acceptors (Lipinski definition) is 4. The minimum Gasteiger partial charge on any atom is -0.354 e. The molecule has 0 aromatic heterocycles. The van der Waals surface area contributed by atoms with Crippen molar-refractivity contribution in [1.82, 2.24) is 10.2 Å². The molecule has 254 valence electrons. The van der Waals surface area contributed by atoms with Crippen molar-refractivity contribution >= 4 is 50.7 Å². The summed E-state index contributed by atoms with van der Waals surface area (Å²) in [5.74, 6) is -0.484. The van der Waals surface area contributed by atoms with Crippen LogP contribution in [0.1, 0.15) is 55.9 Å². The molecule has 0 saturated carbocycles. The summed E-state index contributed by atoms with van der Waals surface area (Å²) < 4.78 is 29.7. The molecule has 4 rings (SSSR count). The molecule has 0 heterocycles. The molecule has 48 heavy (non-hydrogen) atoms. The fourth-order valence-corrected chi connectivity index (χ4v) is 6.94. The average Bonchev–Trinajstić information content (AvgIpc) is 3.06. The maximum absolute atomic E-state index is 14.6. The van der Waals surface area contributed by atoms with Crippen molar-refractivity contribution < 1.29 is 18.0 Å². The Hall–Kier alpha value is -3.85. The lowest BCUT2D eigenvalue weighted by molar-refractivity contribution is -0.140. The fraction of sp³-hybridized carbons (Fsp3) is 0.316. The second kappa shape index (κ2) is 16.5. The van der Waals surface area contributed by atoms with Crippen molar-refractivity contribution in [3.8, 4) is 0 Å². The van der Waals surface area contributed by atoms with E-state index < -0.39 is 28.5 Å². The van der Waals surface area contributed by atoms with Crippen LogP contribution in [0.5, 0.6) is 0 Å². The molecule has 1 unspecified atom stereocenters. The zero-order chi connectivity index (χ0) is 35.0. The van der Waals surface area contributed by atoms with E-state index in [1.165, 1.54) is 17.0 Å². The van der Waals surface area contributed by atoms with Gasteiger partial charge in [-0.25, -0.2) is 8.42 Å². The van der Waals surface area contributed by atoms with Crippen LogP contribution in [0.25, 0.3) is 0 Å². The number of carbonyl (C=O) groups excluding carboxylic acids is 2. The van der Waals surface area contributed by atoms with Crippen molar-refractivity contribution in [3.05, 3.63) is 129 Å². The van der Waals surface area contributed by atoms with Crippen molar-refractivity contribution in [1.29, 1.82) is 0 Å². The molecule has 4 aromatic rings. The third-order valence-corrected chi connectivity index (χ3v) is 10.6. The highest BCUT2D eigenvalue weighted by Crippen LogP contribution is 2.28. The Morgan fingerprint density at radius 1 is 0.792 bits per heavy atom. The molecule has 0 bridgehead atoms. The molecule has 0 radical (unpaired) electrons. The smallest absolute Gasteiger partial charge is 0.264 e. The molecule has 0 aliphatic carbocycles. The molecule has 10 heteroatoms. The number of benzene rings is 4. The van der Waals surface area contributed by atoms with Crippen LogP contribution in [-0.4, -0.2) is 44.3 Å². The molecule has 0 aliphatic heterocycles. The zero-order valence-corrected chi connectivity index (χ0v) is 30.3. The maximum atomic E-state index is 14.6. The third-order valence-electron chi connectivity index (χ3n) is 8.03. The number of amides is 2. The van der Waals surface area contributed by atoms with Gasteiger partial charge in [-0.1, -0.05) is 117 Å². The number of halogens is 2. The van der Waals surface area contributed by atoms with Crippen molar-refractivity contribution in [2.45, 2.75) is 64.4 Å². The average molecular weight is 709 g/mol. The Morgan fingerprint density at radius 2 is 1.44 bits per heavy atom. The third kappa shape index (κ3) is 9.62. The highest BCUT2D eigenvalue weighted by Gasteiger charge is 2.34. The summed E-state index contributed by atoms with van der Waals surface area (Å²) in [6.45, 7) is 9.83. The minimum absolute atomic E-state index is 0.00692. The Balaban J connectivity index is 1.82. The second-order valence-corrected chi connectivity index (χ2v) is 15.4. The Labute approximate surface area is 294 Å². The van der Waals surface area contributed by atoms with Crippen LogP contribution in [0.15, 0.2) is 102 Å². The number of aryl methyl sites for hydroxylation is 1. The molecular weight excluding hydrogens is 665 g/mol. The highest BCUT2D eigenvalue weighted by molar-refractivity contribution is 7.92. The van der Waals surface area contributed by atoms with E-state index in [1.807, 2.05) is 63.2 Å². The van der Waals surface area contributed by atoms with Gasteiger partial charge in [-0.3, -0.25) is 13.9 Å². The number of nitrogens with zero attached hydrogens (tertiary/aromatic N) is 2. The fourth-order valence-electron chi connectivity index (χ4n) is 5.20. The number of hydrogen-bond donors (Lipinski definition) is 1. The maximum Gasteiger partial charge on any atom is 0.264 e. The minimum atomic E-state index is -4.20. The molecule has 0 aliphatic rings. The van der Waals surface area contributed by atoms with Gasteiger partial charge in [0.05, 0.1) is 20.6 Å². The summed E-state index contributed by atoms with van der Waals surface area (Å²) in [4.78, 5) is 30.1. The van der Waals surface area contributed by atoms with Gasteiger partial charge in [0.2, 0.25) is 11.8 Å². The summed E-state index contributed by atoms with van der Waals surface area (Å²) >= 11 is 12.6. The standard InChI is InChI=1S/C38H43Cl2N3O4S/c1-26(2)23-41-38(45)36(22-29-9-7-6-8-10-29)42(24-30-13-20-34(39)35(40)21-30)37(44)25-43(32-16-14-31(15-17-32)27(3)4)48(46,47)33-18-11-28(5)12-19-33/h6-21,26-27,36H,22-25H2,1-5H3,(H,41,45). The molecule has 0 saturated heterocycles. The zero-order valence-electron chi connectivity index (χ0n) is 28.0. The summed E-state index contributed by atoms with van der Waals surface area (Å²) in [5.41, 5.74) is 3.77. The quantitative estimate of drug-likeness (QED) is 0.144. The Kier molecular flexibility index (Phi) is 12.7. The lowest BCUT2D eigenvalue weighted by Crippen LogP contribution is -2.53. The van der Waals surface area contributed by atoms with Crippen molar-refractivity contribution in [3.63, 3.8) is 0 Å². The van der Waals surface area contributed by atoms with Gasteiger partial charge in [-0.05, 0) is 71.8 Å². The highest BCUT2D eigenvalue weighted by atomic mass is 35.5. The molecule has 0 fully saturated rings. The van der Waals surface area contributed by atoms with Gasteiger partial charge >= 0.3 is 0 Å². The first-order valence-electron chi connectivity index (χ1n) is 16.0. The lowest BCUT2D eigenvalue weighted by atomic mass is 10.0. The second-order valence-electron chi connectivity index (χ2n) is 12.7. The Morgan fingerprint density at radius 3 is 2.02 bits per heavy atom. The first-order chi connectivity index (χ1) is 22.8. The van der Waals surface area contributed by atoms with E-state index in [1.54, 1.807) is 42.5 Å². The van der Waals surface area contributed by atoms with Gasteiger partial charge in [-0.2, -0.15) is 0 Å². The Bertz CT molecular complexity index is 1800. The summed E-state index contributed by atoms with van der Waals surface area (Å²) in [5, 5.41) is 3.66. The van der Waals surface area contributed by atoms with Crippen LogP contribution in [0.2, 0.25) is 10.0 Å². The summed E-state index contributed by atoms with van der Waals surface area (Å²) in [6.07, 6.45) is 0.214. The van der Waals surface area contributed by atoms with E-state index >= 15 is 0 Å². The first-order valence-corrected chi connectivity index (χ1v) is 18.2. The van der Waals surface area contributed by atoms with Crippen LogP contribution >= 0.6 is 23.2 Å². The van der Waals surface area contributed by atoms with Crippen LogP contribution in [0, 0.1) is 12.8 Å². The molecular formula is C38H43Cl2N3O4S. The first kappa shape index (κ1) is 37.0. The van der Waals surface area contributed by atoms with Crippen LogP contribution in [0.3, 0.4) is 0 Å². The predicted molar refractivity (Wildman–Crippen MR) is 195 cm³/mol. The summed E-state index contributed by atoms with van der Waals surface area (Å²) in [7, 11) is -4.20. The SMILES string of the molecule is Cc1ccc(S(=O)(=O)N(CC(=O)N(Cc2ccc(Cl)c(Cl)c2)C(Cc2ccccc2)C(=O)NCC(C)C)c2ccc(C(C)C)cc2)cc1. The molecule has 0 spiro atoms. The largest absolute Gasteiger partial charge is 0.354 e. The number of sulfonamides is 1. The number of nitrogens with one attached hydrogen (secondary N) is 1. The van der Waals surface area contributed by atoms with Gasteiger partial charge < -0.3 is 10.2 Å².